The van der Waals surface area contributed by atoms with Crippen LogP contribution >= 0.6 is 11.6 Å². The molecule has 0 radical (unpaired) electrons. The van der Waals surface area contributed by atoms with E-state index in [0.717, 1.165) is 5.56 Å². The standard InChI is InChI=1S/C9H6ClNO2/c10-5-7-1-3-8(4-2-7)9(13)11-6-12/h1-4H,5H2. The Balaban J connectivity index is 2.92. The van der Waals surface area contributed by atoms with Gasteiger partial charge in [-0.2, -0.15) is 0 Å². The molecule has 0 saturated carbocycles. The average molecular weight is 196 g/mol. The molecule has 0 unspecified atom stereocenters. The van der Waals surface area contributed by atoms with Crippen LogP contribution in [0.4, 0.5) is 0 Å². The highest BCUT2D eigenvalue weighted by Gasteiger charge is 2.02. The fourth-order valence-electron chi connectivity index (χ4n) is 0.842. The molecule has 1 amide bonds. The fraction of sp³-hybridized carbons (Fsp3) is 0.111. The second kappa shape index (κ2) is 4.55. The zero-order valence-electron chi connectivity index (χ0n) is 6.66. The molecular formula is C9H6ClNO2. The molecule has 66 valence electrons. The minimum Gasteiger partial charge on any atom is -0.266 e. The summed E-state index contributed by atoms with van der Waals surface area (Å²) >= 11 is 5.55. The van der Waals surface area contributed by atoms with Crippen LogP contribution in [-0.4, -0.2) is 12.0 Å². The smallest absolute Gasteiger partial charge is 0.266 e. The number of hydrogen-bond acceptors (Lipinski definition) is 2. The third kappa shape index (κ3) is 2.51. The van der Waals surface area contributed by atoms with E-state index >= 15 is 0 Å². The van der Waals surface area contributed by atoms with Gasteiger partial charge in [-0.1, -0.05) is 12.1 Å². The first-order chi connectivity index (χ1) is 6.27. The van der Waals surface area contributed by atoms with Crippen LogP contribution in [0.1, 0.15) is 15.9 Å². The maximum Gasteiger partial charge on any atom is 0.287 e. The van der Waals surface area contributed by atoms with Gasteiger partial charge in [0, 0.05) is 11.4 Å². The monoisotopic (exact) mass is 195 g/mol. The van der Waals surface area contributed by atoms with E-state index in [1.54, 1.807) is 24.3 Å². The van der Waals surface area contributed by atoms with Crippen LogP contribution in [0.3, 0.4) is 0 Å². The van der Waals surface area contributed by atoms with Crippen LogP contribution in [-0.2, 0) is 10.7 Å². The van der Waals surface area contributed by atoms with Crippen LogP contribution < -0.4 is 0 Å². The summed E-state index contributed by atoms with van der Waals surface area (Å²) in [6.45, 7) is 0. The van der Waals surface area contributed by atoms with Gasteiger partial charge in [0.15, 0.2) is 0 Å². The van der Waals surface area contributed by atoms with E-state index in [2.05, 4.69) is 4.99 Å². The molecule has 0 spiro atoms. The predicted molar refractivity (Wildman–Crippen MR) is 48.5 cm³/mol. The second-order valence-corrected chi connectivity index (χ2v) is 2.61. The molecule has 1 rings (SSSR count). The lowest BCUT2D eigenvalue weighted by Crippen LogP contribution is -1.93. The van der Waals surface area contributed by atoms with Crippen molar-refractivity contribution in [1.82, 2.24) is 0 Å². The van der Waals surface area contributed by atoms with Crippen molar-refractivity contribution in [2.45, 2.75) is 5.88 Å². The Hall–Kier alpha value is -1.44. The molecule has 0 atom stereocenters. The first-order valence-corrected chi connectivity index (χ1v) is 4.08. The largest absolute Gasteiger partial charge is 0.287 e. The molecule has 0 aromatic heterocycles. The molecule has 0 aliphatic heterocycles. The van der Waals surface area contributed by atoms with E-state index in [4.69, 9.17) is 11.6 Å². The molecule has 0 heterocycles. The van der Waals surface area contributed by atoms with Crippen LogP contribution in [0, 0.1) is 0 Å². The number of hydrogen-bond donors (Lipinski definition) is 0. The highest BCUT2D eigenvalue weighted by atomic mass is 35.5. The zero-order chi connectivity index (χ0) is 9.68. The van der Waals surface area contributed by atoms with E-state index in [1.807, 2.05) is 0 Å². The second-order valence-electron chi connectivity index (χ2n) is 2.34. The van der Waals surface area contributed by atoms with Crippen molar-refractivity contribution < 1.29 is 9.59 Å². The normalized spacial score (nSPS) is 9.00. The average Bonchev–Trinajstić information content (AvgIpc) is 2.18. The molecule has 3 nitrogen and oxygen atoms in total. The summed E-state index contributed by atoms with van der Waals surface area (Å²) in [7, 11) is 0. The topological polar surface area (TPSA) is 46.5 Å². The third-order valence-electron chi connectivity index (χ3n) is 1.50. The molecule has 0 aliphatic rings. The van der Waals surface area contributed by atoms with E-state index in [-0.39, 0.29) is 0 Å². The van der Waals surface area contributed by atoms with Crippen molar-refractivity contribution in [3.63, 3.8) is 0 Å². The lowest BCUT2D eigenvalue weighted by molar-refractivity contribution is 0.100. The van der Waals surface area contributed by atoms with E-state index < -0.39 is 5.91 Å². The minimum atomic E-state index is -0.587. The molecule has 1 aromatic rings. The summed E-state index contributed by atoms with van der Waals surface area (Å²) in [6.07, 6.45) is 1.19. The summed E-state index contributed by atoms with van der Waals surface area (Å²) < 4.78 is 0. The van der Waals surface area contributed by atoms with E-state index in [9.17, 15) is 9.59 Å². The lowest BCUT2D eigenvalue weighted by Gasteiger charge is -1.95. The molecule has 0 fully saturated rings. The lowest BCUT2D eigenvalue weighted by atomic mass is 10.1. The number of carbonyl (C=O) groups is 1. The summed E-state index contributed by atoms with van der Waals surface area (Å²) in [5, 5.41) is 0. The van der Waals surface area contributed by atoms with Gasteiger partial charge >= 0.3 is 0 Å². The van der Waals surface area contributed by atoms with E-state index in [1.165, 1.54) is 6.08 Å². The molecule has 0 saturated heterocycles. The van der Waals surface area contributed by atoms with E-state index in [0.29, 0.717) is 11.4 Å². The number of carbonyl (C=O) groups excluding carboxylic acids is 2. The first kappa shape index (κ1) is 9.65. The highest BCUT2D eigenvalue weighted by molar-refractivity contribution is 6.17. The highest BCUT2D eigenvalue weighted by Crippen LogP contribution is 2.07. The zero-order valence-corrected chi connectivity index (χ0v) is 7.41. The SMILES string of the molecule is O=C=NC(=O)c1ccc(CCl)cc1. The van der Waals surface area contributed by atoms with Gasteiger partial charge in [-0.3, -0.25) is 4.79 Å². The summed E-state index contributed by atoms with van der Waals surface area (Å²) in [4.78, 5) is 23.7. The molecule has 1 aromatic carbocycles. The summed E-state index contributed by atoms with van der Waals surface area (Å²) in [5.41, 5.74) is 1.27. The quantitative estimate of drug-likeness (QED) is 0.411. The third-order valence-corrected chi connectivity index (χ3v) is 1.81. The molecule has 13 heavy (non-hydrogen) atoms. The molecule has 0 aliphatic carbocycles. The Morgan fingerprint density at radius 1 is 1.38 bits per heavy atom. The van der Waals surface area contributed by atoms with Crippen molar-refractivity contribution in [3.8, 4) is 0 Å². The maximum absolute atomic E-state index is 11.0. The van der Waals surface area contributed by atoms with Crippen molar-refractivity contribution in [2.75, 3.05) is 0 Å². The number of isocyanates is 1. The first-order valence-electron chi connectivity index (χ1n) is 3.55. The molecule has 0 bridgehead atoms. The van der Waals surface area contributed by atoms with Crippen molar-refractivity contribution in [2.24, 2.45) is 4.99 Å². The van der Waals surface area contributed by atoms with Crippen LogP contribution in [0.5, 0.6) is 0 Å². The minimum absolute atomic E-state index is 0.359. The van der Waals surface area contributed by atoms with Gasteiger partial charge in [0.1, 0.15) is 0 Å². The van der Waals surface area contributed by atoms with Crippen LogP contribution in [0.15, 0.2) is 29.3 Å². The van der Waals surface area contributed by atoms with Crippen LogP contribution in [0.25, 0.3) is 0 Å². The Morgan fingerprint density at radius 3 is 2.46 bits per heavy atom. The molecule has 0 N–H and O–H groups in total. The van der Waals surface area contributed by atoms with Gasteiger partial charge in [0.25, 0.3) is 5.91 Å². The van der Waals surface area contributed by atoms with Crippen molar-refractivity contribution >= 4 is 23.6 Å². The number of rotatable bonds is 2. The fourth-order valence-corrected chi connectivity index (χ4v) is 1.02. The van der Waals surface area contributed by atoms with Gasteiger partial charge in [-0.05, 0) is 17.7 Å². The Kier molecular flexibility index (Phi) is 3.38. The Labute approximate surface area is 80.0 Å². The number of aliphatic imine (C=N–C) groups is 1. The number of benzene rings is 1. The Morgan fingerprint density at radius 2 is 2.00 bits per heavy atom. The number of alkyl halides is 1. The molecular weight excluding hydrogens is 190 g/mol. The summed E-state index contributed by atoms with van der Waals surface area (Å²) in [5.74, 6) is -0.193. The van der Waals surface area contributed by atoms with Gasteiger partial charge in [0.05, 0.1) is 0 Å². The van der Waals surface area contributed by atoms with Gasteiger partial charge < -0.3 is 0 Å². The predicted octanol–water partition coefficient (Wildman–Crippen LogP) is 1.90. The van der Waals surface area contributed by atoms with Gasteiger partial charge in [0.2, 0.25) is 6.08 Å². The number of nitrogens with zero attached hydrogens (tertiary/aromatic N) is 1. The number of amides is 1. The number of halogens is 1. The Bertz CT molecular complexity index is 352. The molecule has 4 heteroatoms. The van der Waals surface area contributed by atoms with Gasteiger partial charge in [-0.25, -0.2) is 4.79 Å². The van der Waals surface area contributed by atoms with Crippen LogP contribution in [0.2, 0.25) is 0 Å². The van der Waals surface area contributed by atoms with Crippen molar-refractivity contribution in [1.29, 1.82) is 0 Å². The van der Waals surface area contributed by atoms with Crippen molar-refractivity contribution in [3.05, 3.63) is 35.4 Å². The van der Waals surface area contributed by atoms with Gasteiger partial charge in [-0.15, -0.1) is 16.6 Å². The maximum atomic E-state index is 11.0. The summed E-state index contributed by atoms with van der Waals surface area (Å²) in [6, 6.07) is 6.56.